The summed E-state index contributed by atoms with van der Waals surface area (Å²) in [5, 5.41) is 13.2. The number of allylic oxidation sites excluding steroid dienone is 7. The topological polar surface area (TPSA) is 104 Å². The molecule has 0 bridgehead atoms. The fourth-order valence-corrected chi connectivity index (χ4v) is 6.90. The second kappa shape index (κ2) is 37.1. The fraction of sp³-hybridized carbons (Fsp3) is 0.791. The van der Waals surface area contributed by atoms with Gasteiger partial charge in [0.1, 0.15) is 0 Å². The summed E-state index contributed by atoms with van der Waals surface area (Å²) in [6.45, 7) is 4.42. The molecule has 2 atom stereocenters. The smallest absolute Gasteiger partial charge is 0.267 e. The summed E-state index contributed by atoms with van der Waals surface area (Å²) < 4.78 is 32.5. The molecule has 0 rings (SSSR count). The average Bonchev–Trinajstić information content (AvgIpc) is 3.08. The molecular weight excluding hydrogens is 643 g/mol. The number of nitrogens with one attached hydrogen (secondary N) is 1. The van der Waals surface area contributed by atoms with Crippen molar-refractivity contribution in [3.63, 3.8) is 0 Å². The van der Waals surface area contributed by atoms with E-state index >= 15 is 0 Å². The van der Waals surface area contributed by atoms with E-state index in [1.54, 1.807) is 6.08 Å². The Hall–Kier alpha value is -1.70. The molecule has 0 aromatic heterocycles. The molecule has 0 aliphatic heterocycles. The maximum absolute atomic E-state index is 12.5. The van der Waals surface area contributed by atoms with E-state index in [0.717, 1.165) is 70.6 Å². The normalized spacial score (nSPS) is 13.8. The third-order valence-corrected chi connectivity index (χ3v) is 10.0. The van der Waals surface area contributed by atoms with Crippen molar-refractivity contribution in [2.45, 2.75) is 212 Å². The van der Waals surface area contributed by atoms with Crippen LogP contribution in [-0.4, -0.2) is 41.9 Å². The molecule has 1 amide bonds. The van der Waals surface area contributed by atoms with Crippen LogP contribution in [0, 0.1) is 0 Å². The monoisotopic (exact) mass is 722 g/mol. The summed E-state index contributed by atoms with van der Waals surface area (Å²) in [6.07, 6.45) is 49.5. The van der Waals surface area contributed by atoms with Crippen LogP contribution in [0.2, 0.25) is 0 Å². The highest BCUT2D eigenvalue weighted by atomic mass is 32.2. The Morgan fingerprint density at radius 2 is 0.960 bits per heavy atom. The quantitative estimate of drug-likeness (QED) is 0.0336. The molecule has 2 unspecified atom stereocenters. The molecule has 0 heterocycles. The molecule has 6 nitrogen and oxygen atoms in total. The number of amides is 1. The van der Waals surface area contributed by atoms with Gasteiger partial charge in [0.05, 0.1) is 17.9 Å². The fourth-order valence-electron chi connectivity index (χ4n) is 6.17. The van der Waals surface area contributed by atoms with Crippen LogP contribution in [0.15, 0.2) is 48.6 Å². The second-order valence-corrected chi connectivity index (χ2v) is 15.7. The zero-order chi connectivity index (χ0) is 36.8. The first-order valence-corrected chi connectivity index (χ1v) is 22.4. The lowest BCUT2D eigenvalue weighted by Gasteiger charge is -2.21. The van der Waals surface area contributed by atoms with Crippen molar-refractivity contribution in [3.8, 4) is 0 Å². The van der Waals surface area contributed by atoms with Crippen LogP contribution in [-0.2, 0) is 14.9 Å². The molecule has 292 valence electrons. The van der Waals surface area contributed by atoms with Crippen molar-refractivity contribution in [2.24, 2.45) is 0 Å². The maximum atomic E-state index is 12.5. The Kier molecular flexibility index (Phi) is 35.8. The van der Waals surface area contributed by atoms with Crippen molar-refractivity contribution in [3.05, 3.63) is 48.6 Å². The number of carbonyl (C=O) groups is 1. The Morgan fingerprint density at radius 1 is 0.560 bits per heavy atom. The van der Waals surface area contributed by atoms with E-state index in [2.05, 4.69) is 55.6 Å². The second-order valence-electron chi connectivity index (χ2n) is 14.2. The molecule has 0 aromatic rings. The third-order valence-electron chi connectivity index (χ3n) is 9.26. The van der Waals surface area contributed by atoms with Crippen molar-refractivity contribution >= 4 is 16.0 Å². The van der Waals surface area contributed by atoms with Gasteiger partial charge in [-0.15, -0.1) is 0 Å². The van der Waals surface area contributed by atoms with Crippen LogP contribution in [0.3, 0.4) is 0 Å². The first-order valence-electron chi connectivity index (χ1n) is 20.8. The summed E-state index contributed by atoms with van der Waals surface area (Å²) in [7, 11) is -4.35. The lowest BCUT2D eigenvalue weighted by molar-refractivity contribution is -0.122. The van der Waals surface area contributed by atoms with Crippen LogP contribution in [0.1, 0.15) is 200 Å². The molecule has 0 aromatic carbocycles. The van der Waals surface area contributed by atoms with Gasteiger partial charge >= 0.3 is 0 Å². The van der Waals surface area contributed by atoms with E-state index in [1.807, 2.05) is 6.08 Å². The molecule has 7 heteroatoms. The SMILES string of the molecule is CC/C=C\C/C=C\C/C=C\CCCCCCCCCC(=O)NC(CS(=O)(=O)O)C(O)/C=C/CCCCCCCCCCCCCCCCCC. The molecule has 0 saturated carbocycles. The summed E-state index contributed by atoms with van der Waals surface area (Å²) in [5.41, 5.74) is 0. The van der Waals surface area contributed by atoms with Gasteiger partial charge in [-0.3, -0.25) is 9.35 Å². The van der Waals surface area contributed by atoms with Gasteiger partial charge in [0, 0.05) is 6.42 Å². The highest BCUT2D eigenvalue weighted by molar-refractivity contribution is 7.85. The van der Waals surface area contributed by atoms with Crippen LogP contribution in [0.25, 0.3) is 0 Å². The summed E-state index contributed by atoms with van der Waals surface area (Å²) in [5.74, 6) is -0.991. The van der Waals surface area contributed by atoms with E-state index < -0.39 is 28.0 Å². The van der Waals surface area contributed by atoms with E-state index in [0.29, 0.717) is 0 Å². The predicted octanol–water partition coefficient (Wildman–Crippen LogP) is 12.3. The van der Waals surface area contributed by atoms with E-state index in [9.17, 15) is 22.9 Å². The number of hydrogen-bond donors (Lipinski definition) is 3. The number of unbranched alkanes of at least 4 members (excludes halogenated alkanes) is 23. The Bertz CT molecular complexity index is 972. The number of hydrogen-bond acceptors (Lipinski definition) is 4. The van der Waals surface area contributed by atoms with Gasteiger partial charge in [-0.1, -0.05) is 191 Å². The van der Waals surface area contributed by atoms with Crippen molar-refractivity contribution < 1.29 is 22.9 Å². The van der Waals surface area contributed by atoms with Crippen LogP contribution in [0.4, 0.5) is 0 Å². The Labute approximate surface area is 309 Å². The Morgan fingerprint density at radius 3 is 1.42 bits per heavy atom. The Balaban J connectivity index is 3.93. The first kappa shape index (κ1) is 48.3. The maximum Gasteiger partial charge on any atom is 0.267 e. The van der Waals surface area contributed by atoms with Crippen LogP contribution >= 0.6 is 0 Å². The molecule has 0 radical (unpaired) electrons. The van der Waals surface area contributed by atoms with Gasteiger partial charge in [0.15, 0.2) is 0 Å². The van der Waals surface area contributed by atoms with E-state index in [4.69, 9.17) is 0 Å². The van der Waals surface area contributed by atoms with Gasteiger partial charge < -0.3 is 10.4 Å². The average molecular weight is 722 g/mol. The minimum absolute atomic E-state index is 0.283. The van der Waals surface area contributed by atoms with Gasteiger partial charge in [-0.05, 0) is 51.4 Å². The van der Waals surface area contributed by atoms with E-state index in [-0.39, 0.29) is 12.3 Å². The minimum atomic E-state index is -4.35. The van der Waals surface area contributed by atoms with Gasteiger partial charge in [-0.2, -0.15) is 8.42 Å². The molecule has 0 aliphatic carbocycles. The highest BCUT2D eigenvalue weighted by Gasteiger charge is 2.24. The number of carbonyl (C=O) groups excluding carboxylic acids is 1. The van der Waals surface area contributed by atoms with Crippen LogP contribution in [0.5, 0.6) is 0 Å². The lowest BCUT2D eigenvalue weighted by Crippen LogP contribution is -2.46. The number of aliphatic hydroxyl groups is 1. The third kappa shape index (κ3) is 37.6. The van der Waals surface area contributed by atoms with Gasteiger partial charge in [0.2, 0.25) is 5.91 Å². The molecule has 0 saturated heterocycles. The van der Waals surface area contributed by atoms with Crippen molar-refractivity contribution in [1.29, 1.82) is 0 Å². The lowest BCUT2D eigenvalue weighted by atomic mass is 10.0. The highest BCUT2D eigenvalue weighted by Crippen LogP contribution is 2.15. The zero-order valence-corrected chi connectivity index (χ0v) is 33.3. The van der Waals surface area contributed by atoms with Gasteiger partial charge in [0.25, 0.3) is 10.1 Å². The summed E-state index contributed by atoms with van der Waals surface area (Å²) in [4.78, 5) is 12.5. The summed E-state index contributed by atoms with van der Waals surface area (Å²) >= 11 is 0. The zero-order valence-electron chi connectivity index (χ0n) is 32.5. The first-order chi connectivity index (χ1) is 24.3. The van der Waals surface area contributed by atoms with Crippen molar-refractivity contribution in [1.82, 2.24) is 5.32 Å². The minimum Gasteiger partial charge on any atom is -0.387 e. The molecule has 50 heavy (non-hydrogen) atoms. The van der Waals surface area contributed by atoms with Gasteiger partial charge in [-0.25, -0.2) is 0 Å². The molecule has 0 spiro atoms. The molecular formula is C43H79NO5S. The number of rotatable bonds is 37. The predicted molar refractivity (Wildman–Crippen MR) is 216 cm³/mol. The van der Waals surface area contributed by atoms with E-state index in [1.165, 1.54) is 109 Å². The summed E-state index contributed by atoms with van der Waals surface area (Å²) in [6, 6.07) is -1.06. The molecule has 0 aliphatic rings. The van der Waals surface area contributed by atoms with Crippen LogP contribution < -0.4 is 5.32 Å². The largest absolute Gasteiger partial charge is 0.387 e. The van der Waals surface area contributed by atoms with Crippen molar-refractivity contribution in [2.75, 3.05) is 5.75 Å². The standard InChI is InChI=1S/C43H79NO5S/c1-3-5-7-9-11-13-15-17-19-21-23-24-26-28-30-32-34-36-38-42(45)41(40-50(47,48)49)44-43(46)39-37-35-33-31-29-27-25-22-20-18-16-14-12-10-8-6-4-2/h6,8,12,14,18,20,36,38,41-42,45H,3-5,7,9-11,13,15-17,19,21-35,37,39-40H2,1-2H3,(H,44,46)(H,47,48,49)/b8-6-,14-12-,20-18-,38-36+. The molecule has 0 fully saturated rings. The number of aliphatic hydroxyl groups excluding tert-OH is 1. The molecule has 3 N–H and O–H groups in total.